The number of hydrogen-bond donors (Lipinski definition) is 2. The molecule has 0 saturated carbocycles. The molecule has 1 heterocycles. The van der Waals surface area contributed by atoms with E-state index in [0.29, 0.717) is 23.2 Å². The van der Waals surface area contributed by atoms with Crippen LogP contribution in [0.1, 0.15) is 21.5 Å². The van der Waals surface area contributed by atoms with E-state index >= 15 is 0 Å². The predicted molar refractivity (Wildman–Crippen MR) is 97.5 cm³/mol. The number of carbonyl (C=O) groups is 1. The van der Waals surface area contributed by atoms with E-state index in [4.69, 9.17) is 12.2 Å². The van der Waals surface area contributed by atoms with E-state index < -0.39 is 40.2 Å². The summed E-state index contributed by atoms with van der Waals surface area (Å²) in [4.78, 5) is 12.2. The number of alkyl halides is 6. The van der Waals surface area contributed by atoms with E-state index in [-0.39, 0.29) is 11.6 Å². The van der Waals surface area contributed by atoms with Crippen LogP contribution in [0.3, 0.4) is 0 Å². The van der Waals surface area contributed by atoms with Gasteiger partial charge in [-0.05, 0) is 48.6 Å². The molecule has 0 aliphatic heterocycles. The Kier molecular flexibility index (Phi) is 5.45. The monoisotopic (exact) mass is 450 g/mol. The summed E-state index contributed by atoms with van der Waals surface area (Å²) in [7, 11) is 0. The van der Waals surface area contributed by atoms with Crippen LogP contribution >= 0.6 is 23.9 Å². The number of anilines is 1. The van der Waals surface area contributed by atoms with Gasteiger partial charge in [0.2, 0.25) is 0 Å². The summed E-state index contributed by atoms with van der Waals surface area (Å²) < 4.78 is 85.3. The maximum Gasteiger partial charge on any atom is 0.416 e. The SMILES string of the molecule is O=C(NC(=S)Nc1cc(C(F)(F)F)cc(C(F)(F)F)c1)c1ccc2nsnc2c1. The molecule has 13 heteroatoms. The second-order valence-electron chi connectivity index (χ2n) is 5.67. The van der Waals surface area contributed by atoms with Gasteiger partial charge in [-0.15, -0.1) is 0 Å². The summed E-state index contributed by atoms with van der Waals surface area (Å²) in [6.45, 7) is 0. The molecular weight excluding hydrogens is 442 g/mol. The molecular formula is C16H8F6N4OS2. The topological polar surface area (TPSA) is 66.9 Å². The fraction of sp³-hybridized carbons (Fsp3) is 0.125. The van der Waals surface area contributed by atoms with Gasteiger partial charge in [0.15, 0.2) is 5.11 Å². The summed E-state index contributed by atoms with van der Waals surface area (Å²) in [6.07, 6.45) is -10.0. The van der Waals surface area contributed by atoms with Gasteiger partial charge in [0.25, 0.3) is 5.91 Å². The summed E-state index contributed by atoms with van der Waals surface area (Å²) in [5.74, 6) is -0.722. The van der Waals surface area contributed by atoms with Gasteiger partial charge in [0.1, 0.15) is 11.0 Å². The zero-order chi connectivity index (χ0) is 21.4. The molecule has 0 saturated heterocycles. The lowest BCUT2D eigenvalue weighted by molar-refractivity contribution is -0.143. The molecule has 1 amide bonds. The molecule has 29 heavy (non-hydrogen) atoms. The van der Waals surface area contributed by atoms with Gasteiger partial charge in [-0.2, -0.15) is 35.1 Å². The second-order valence-corrected chi connectivity index (χ2v) is 6.61. The third kappa shape index (κ3) is 4.98. The largest absolute Gasteiger partial charge is 0.416 e. The van der Waals surface area contributed by atoms with Crippen molar-refractivity contribution in [2.24, 2.45) is 0 Å². The highest BCUT2D eigenvalue weighted by Gasteiger charge is 2.37. The van der Waals surface area contributed by atoms with Gasteiger partial charge in [-0.1, -0.05) is 0 Å². The van der Waals surface area contributed by atoms with Gasteiger partial charge in [-0.25, -0.2) is 0 Å². The fourth-order valence-electron chi connectivity index (χ4n) is 2.29. The van der Waals surface area contributed by atoms with Crippen LogP contribution in [0, 0.1) is 0 Å². The van der Waals surface area contributed by atoms with E-state index in [1.165, 1.54) is 18.2 Å². The number of rotatable bonds is 2. The number of aromatic nitrogens is 2. The maximum atomic E-state index is 12.9. The fourth-order valence-corrected chi connectivity index (χ4v) is 3.02. The predicted octanol–water partition coefficient (Wildman–Crippen LogP) is 4.86. The van der Waals surface area contributed by atoms with Crippen molar-refractivity contribution in [2.45, 2.75) is 12.4 Å². The summed E-state index contributed by atoms with van der Waals surface area (Å²) in [5, 5.41) is 3.89. The maximum absolute atomic E-state index is 12.9. The van der Waals surface area contributed by atoms with Gasteiger partial charge >= 0.3 is 12.4 Å². The summed E-state index contributed by atoms with van der Waals surface area (Å²) in [5.41, 5.74) is -2.44. The van der Waals surface area contributed by atoms with Crippen molar-refractivity contribution < 1.29 is 31.1 Å². The molecule has 2 N–H and O–H groups in total. The Morgan fingerprint density at radius 2 is 1.48 bits per heavy atom. The Labute approximate surface area is 168 Å². The normalized spacial score (nSPS) is 12.1. The molecule has 0 bridgehead atoms. The standard InChI is InChI=1S/C16H8F6N4OS2/c17-15(18,19)8-4-9(16(20,21)22)6-10(5-8)23-14(28)24-13(27)7-1-2-11-12(3-7)26-29-25-11/h1-6H,(H2,23,24,27,28). The van der Waals surface area contributed by atoms with Crippen molar-refractivity contribution in [1.82, 2.24) is 14.1 Å². The number of amides is 1. The summed E-state index contributed by atoms with van der Waals surface area (Å²) >= 11 is 5.78. The lowest BCUT2D eigenvalue weighted by Gasteiger charge is -2.16. The molecule has 1 aromatic heterocycles. The van der Waals surface area contributed by atoms with Gasteiger partial charge in [-0.3, -0.25) is 10.1 Å². The first-order valence-electron chi connectivity index (χ1n) is 7.57. The second kappa shape index (κ2) is 7.55. The minimum absolute atomic E-state index is 0.0100. The lowest BCUT2D eigenvalue weighted by atomic mass is 10.1. The first kappa shape index (κ1) is 20.9. The molecule has 0 unspecified atom stereocenters. The third-order valence-electron chi connectivity index (χ3n) is 3.59. The Balaban J connectivity index is 1.79. The average molecular weight is 450 g/mol. The number of thiocarbonyl (C=S) groups is 1. The number of nitrogens with zero attached hydrogens (tertiary/aromatic N) is 2. The van der Waals surface area contributed by atoms with Crippen LogP contribution in [0.25, 0.3) is 11.0 Å². The van der Waals surface area contributed by atoms with Crippen LogP contribution in [0.2, 0.25) is 0 Å². The molecule has 5 nitrogen and oxygen atoms in total. The van der Waals surface area contributed by atoms with E-state index in [0.717, 1.165) is 11.7 Å². The quantitative estimate of drug-likeness (QED) is 0.432. The Morgan fingerprint density at radius 3 is 2.07 bits per heavy atom. The number of halogens is 6. The van der Waals surface area contributed by atoms with E-state index in [1.807, 2.05) is 0 Å². The van der Waals surface area contributed by atoms with Crippen LogP contribution in [-0.2, 0) is 12.4 Å². The van der Waals surface area contributed by atoms with Crippen LogP contribution in [0.4, 0.5) is 32.0 Å². The molecule has 0 aliphatic rings. The molecule has 2 aromatic carbocycles. The Morgan fingerprint density at radius 1 is 0.897 bits per heavy atom. The molecule has 152 valence electrons. The molecule has 0 spiro atoms. The van der Waals surface area contributed by atoms with Crippen LogP contribution in [0.15, 0.2) is 36.4 Å². The van der Waals surface area contributed by atoms with Crippen molar-refractivity contribution in [3.05, 3.63) is 53.1 Å². The molecule has 0 radical (unpaired) electrons. The minimum atomic E-state index is -5.00. The smallest absolute Gasteiger partial charge is 0.332 e. The summed E-state index contributed by atoms with van der Waals surface area (Å²) in [6, 6.07) is 5.29. The number of nitrogens with one attached hydrogen (secondary N) is 2. The van der Waals surface area contributed by atoms with Crippen LogP contribution < -0.4 is 10.6 Å². The molecule has 0 atom stereocenters. The third-order valence-corrected chi connectivity index (χ3v) is 4.35. The van der Waals surface area contributed by atoms with E-state index in [2.05, 4.69) is 19.4 Å². The number of hydrogen-bond acceptors (Lipinski definition) is 5. The molecule has 0 fully saturated rings. The minimum Gasteiger partial charge on any atom is -0.332 e. The zero-order valence-electron chi connectivity index (χ0n) is 13.9. The number of benzene rings is 2. The van der Waals surface area contributed by atoms with Gasteiger partial charge in [0.05, 0.1) is 22.9 Å². The molecule has 3 rings (SSSR count). The first-order chi connectivity index (χ1) is 13.4. The van der Waals surface area contributed by atoms with E-state index in [9.17, 15) is 31.1 Å². The van der Waals surface area contributed by atoms with Crippen LogP contribution in [0.5, 0.6) is 0 Å². The highest BCUT2D eigenvalue weighted by atomic mass is 32.1. The van der Waals surface area contributed by atoms with Crippen molar-refractivity contribution in [2.75, 3.05) is 5.32 Å². The Bertz CT molecular complexity index is 1060. The molecule has 0 aliphatic carbocycles. The van der Waals surface area contributed by atoms with Crippen molar-refractivity contribution >= 4 is 51.7 Å². The lowest BCUT2D eigenvalue weighted by Crippen LogP contribution is -2.34. The average Bonchev–Trinajstić information content (AvgIpc) is 3.07. The van der Waals surface area contributed by atoms with Crippen molar-refractivity contribution in [1.29, 1.82) is 0 Å². The van der Waals surface area contributed by atoms with Gasteiger partial charge in [0, 0.05) is 11.3 Å². The highest BCUT2D eigenvalue weighted by molar-refractivity contribution is 7.80. The van der Waals surface area contributed by atoms with E-state index in [1.54, 1.807) is 0 Å². The number of fused-ring (bicyclic) bond motifs is 1. The first-order valence-corrected chi connectivity index (χ1v) is 8.71. The van der Waals surface area contributed by atoms with Gasteiger partial charge < -0.3 is 5.32 Å². The zero-order valence-corrected chi connectivity index (χ0v) is 15.5. The Hall–Kier alpha value is -2.80. The molecule has 3 aromatic rings. The number of carbonyl (C=O) groups excluding carboxylic acids is 1. The van der Waals surface area contributed by atoms with Crippen molar-refractivity contribution in [3.63, 3.8) is 0 Å². The van der Waals surface area contributed by atoms with Crippen LogP contribution in [-0.4, -0.2) is 19.8 Å². The van der Waals surface area contributed by atoms with Crippen molar-refractivity contribution in [3.8, 4) is 0 Å². The highest BCUT2D eigenvalue weighted by Crippen LogP contribution is 2.37.